The van der Waals surface area contributed by atoms with E-state index in [2.05, 4.69) is 0 Å². The molecule has 0 unspecified atom stereocenters. The predicted molar refractivity (Wildman–Crippen MR) is 55.9 cm³/mol. The number of hydrogen-bond acceptors (Lipinski definition) is 2. The van der Waals surface area contributed by atoms with Crippen LogP contribution in [0.15, 0.2) is 24.3 Å². The van der Waals surface area contributed by atoms with Gasteiger partial charge in [0.05, 0.1) is 11.7 Å². The zero-order valence-electron chi connectivity index (χ0n) is 9.28. The van der Waals surface area contributed by atoms with Crippen molar-refractivity contribution in [3.63, 3.8) is 0 Å². The first-order chi connectivity index (χ1) is 8.38. The van der Waals surface area contributed by atoms with Crippen molar-refractivity contribution in [3.8, 4) is 0 Å². The van der Waals surface area contributed by atoms with Crippen LogP contribution in [-0.2, 0) is 15.7 Å². The third kappa shape index (κ3) is 2.64. The van der Waals surface area contributed by atoms with Crippen LogP contribution >= 0.6 is 0 Å². The van der Waals surface area contributed by atoms with Gasteiger partial charge in [-0.2, -0.15) is 13.2 Å². The Hall–Kier alpha value is -1.56. The van der Waals surface area contributed by atoms with Gasteiger partial charge in [-0.1, -0.05) is 12.1 Å². The number of halogens is 3. The number of rotatable bonds is 2. The molecule has 0 radical (unpaired) electrons. The first-order valence-corrected chi connectivity index (χ1v) is 5.43. The van der Waals surface area contributed by atoms with Gasteiger partial charge in [0.2, 0.25) is 0 Å². The predicted octanol–water partition coefficient (Wildman–Crippen LogP) is 3.01. The van der Waals surface area contributed by atoms with E-state index in [4.69, 9.17) is 9.84 Å². The van der Waals surface area contributed by atoms with Gasteiger partial charge in [0, 0.05) is 0 Å². The van der Waals surface area contributed by atoms with Gasteiger partial charge in [-0.3, -0.25) is 0 Å². The molecule has 1 aliphatic rings. The van der Waals surface area contributed by atoms with Crippen molar-refractivity contribution in [1.29, 1.82) is 0 Å². The normalized spacial score (nSPS) is 24.2. The highest BCUT2D eigenvalue weighted by atomic mass is 19.4. The van der Waals surface area contributed by atoms with Gasteiger partial charge in [-0.05, 0) is 30.5 Å². The summed E-state index contributed by atoms with van der Waals surface area (Å²) in [6.07, 6.45) is -5.17. The number of carboxylic acids is 1. The molecular formula is C12H11F3O3. The lowest BCUT2D eigenvalue weighted by molar-refractivity contribution is -0.149. The first-order valence-electron chi connectivity index (χ1n) is 5.43. The van der Waals surface area contributed by atoms with Crippen LogP contribution in [0.25, 0.3) is 0 Å². The SMILES string of the molecule is O=C(O)[C@@H]1CC[C@H](c2cccc(C(F)(F)F)c2)O1. The number of alkyl halides is 3. The van der Waals surface area contributed by atoms with E-state index in [-0.39, 0.29) is 0 Å². The second-order valence-corrected chi connectivity index (χ2v) is 4.15. The summed E-state index contributed by atoms with van der Waals surface area (Å²) in [5, 5.41) is 8.76. The highest BCUT2D eigenvalue weighted by Gasteiger charge is 2.34. The molecule has 1 aromatic rings. The largest absolute Gasteiger partial charge is 0.479 e. The summed E-state index contributed by atoms with van der Waals surface area (Å²) in [6, 6.07) is 4.81. The quantitative estimate of drug-likeness (QED) is 0.889. The summed E-state index contributed by atoms with van der Waals surface area (Å²) in [7, 11) is 0. The summed E-state index contributed by atoms with van der Waals surface area (Å²) in [4.78, 5) is 10.7. The monoisotopic (exact) mass is 260 g/mol. The zero-order chi connectivity index (χ0) is 13.3. The molecule has 6 heteroatoms. The zero-order valence-corrected chi connectivity index (χ0v) is 9.28. The second kappa shape index (κ2) is 4.61. The van der Waals surface area contributed by atoms with Crippen LogP contribution in [0.4, 0.5) is 13.2 Å². The maximum Gasteiger partial charge on any atom is 0.416 e. The summed E-state index contributed by atoms with van der Waals surface area (Å²) in [5.74, 6) is -1.08. The lowest BCUT2D eigenvalue weighted by atomic mass is 10.0. The van der Waals surface area contributed by atoms with Crippen molar-refractivity contribution >= 4 is 5.97 Å². The van der Waals surface area contributed by atoms with Crippen molar-refractivity contribution < 1.29 is 27.8 Å². The average molecular weight is 260 g/mol. The second-order valence-electron chi connectivity index (χ2n) is 4.15. The van der Waals surface area contributed by atoms with E-state index >= 15 is 0 Å². The van der Waals surface area contributed by atoms with E-state index < -0.39 is 29.9 Å². The van der Waals surface area contributed by atoms with Crippen molar-refractivity contribution in [2.75, 3.05) is 0 Å². The molecule has 2 rings (SSSR count). The minimum atomic E-state index is -4.40. The molecule has 1 heterocycles. The van der Waals surface area contributed by atoms with Crippen molar-refractivity contribution in [1.82, 2.24) is 0 Å². The first kappa shape index (κ1) is 12.9. The summed E-state index contributed by atoms with van der Waals surface area (Å²) in [6.45, 7) is 0. The van der Waals surface area contributed by atoms with Gasteiger partial charge in [0.15, 0.2) is 6.10 Å². The Labute approximate surface area is 101 Å². The van der Waals surface area contributed by atoms with E-state index in [0.717, 1.165) is 12.1 Å². The van der Waals surface area contributed by atoms with Crippen LogP contribution < -0.4 is 0 Å². The Morgan fingerprint density at radius 3 is 2.61 bits per heavy atom. The highest BCUT2D eigenvalue weighted by molar-refractivity contribution is 5.72. The molecule has 98 valence electrons. The van der Waals surface area contributed by atoms with E-state index in [1.807, 2.05) is 0 Å². The Morgan fingerprint density at radius 2 is 2.06 bits per heavy atom. The molecule has 1 aliphatic heterocycles. The number of carboxylic acid groups (broad SMARTS) is 1. The molecule has 0 aromatic heterocycles. The molecule has 2 atom stereocenters. The minimum absolute atomic E-state index is 0.316. The van der Waals surface area contributed by atoms with E-state index in [9.17, 15) is 18.0 Å². The van der Waals surface area contributed by atoms with Crippen molar-refractivity contribution in [2.45, 2.75) is 31.2 Å². The van der Waals surface area contributed by atoms with Crippen molar-refractivity contribution in [3.05, 3.63) is 35.4 Å². The van der Waals surface area contributed by atoms with Gasteiger partial charge >= 0.3 is 12.1 Å². The van der Waals surface area contributed by atoms with Gasteiger partial charge in [0.1, 0.15) is 0 Å². The minimum Gasteiger partial charge on any atom is -0.479 e. The Bertz CT molecular complexity index is 456. The molecule has 18 heavy (non-hydrogen) atoms. The molecule has 1 aromatic carbocycles. The van der Waals surface area contributed by atoms with Gasteiger partial charge in [-0.15, -0.1) is 0 Å². The molecular weight excluding hydrogens is 249 g/mol. The summed E-state index contributed by atoms with van der Waals surface area (Å²) >= 11 is 0. The number of carbonyl (C=O) groups is 1. The molecule has 0 aliphatic carbocycles. The molecule has 0 spiro atoms. The summed E-state index contributed by atoms with van der Waals surface area (Å²) in [5.41, 5.74) is -0.379. The van der Waals surface area contributed by atoms with E-state index in [0.29, 0.717) is 18.4 Å². The van der Waals surface area contributed by atoms with Crippen LogP contribution in [0.3, 0.4) is 0 Å². The van der Waals surface area contributed by atoms with Crippen LogP contribution in [0.2, 0.25) is 0 Å². The molecule has 1 saturated heterocycles. The number of aliphatic carboxylic acids is 1. The fourth-order valence-corrected chi connectivity index (χ4v) is 1.98. The van der Waals surface area contributed by atoms with Gasteiger partial charge < -0.3 is 9.84 Å². The molecule has 0 amide bonds. The third-order valence-electron chi connectivity index (χ3n) is 2.88. The van der Waals surface area contributed by atoms with E-state index in [1.165, 1.54) is 12.1 Å². The van der Waals surface area contributed by atoms with Gasteiger partial charge in [0.25, 0.3) is 0 Å². The smallest absolute Gasteiger partial charge is 0.416 e. The standard InChI is InChI=1S/C12H11F3O3/c13-12(14,15)8-3-1-2-7(6-8)9-4-5-10(18-9)11(16)17/h1-3,6,9-10H,4-5H2,(H,16,17)/t9-,10+/m1/s1. The van der Waals surface area contributed by atoms with Gasteiger partial charge in [-0.25, -0.2) is 4.79 Å². The Morgan fingerprint density at radius 1 is 1.33 bits per heavy atom. The lowest BCUT2D eigenvalue weighted by Gasteiger charge is -2.14. The Balaban J connectivity index is 2.18. The Kier molecular flexibility index (Phi) is 3.30. The van der Waals surface area contributed by atoms with Crippen molar-refractivity contribution in [2.24, 2.45) is 0 Å². The number of hydrogen-bond donors (Lipinski definition) is 1. The maximum atomic E-state index is 12.5. The number of benzene rings is 1. The summed E-state index contributed by atoms with van der Waals surface area (Å²) < 4.78 is 42.8. The topological polar surface area (TPSA) is 46.5 Å². The van der Waals surface area contributed by atoms with Crippen LogP contribution in [0.5, 0.6) is 0 Å². The maximum absolute atomic E-state index is 12.5. The lowest BCUT2D eigenvalue weighted by Crippen LogP contribution is -2.18. The number of ether oxygens (including phenoxy) is 1. The molecule has 0 saturated carbocycles. The van der Waals surface area contributed by atoms with Crippen LogP contribution in [-0.4, -0.2) is 17.2 Å². The molecule has 3 nitrogen and oxygen atoms in total. The third-order valence-corrected chi connectivity index (χ3v) is 2.88. The highest BCUT2D eigenvalue weighted by Crippen LogP contribution is 2.36. The van der Waals surface area contributed by atoms with E-state index in [1.54, 1.807) is 0 Å². The van der Waals surface area contributed by atoms with Crippen LogP contribution in [0, 0.1) is 0 Å². The molecule has 1 N–H and O–H groups in total. The fourth-order valence-electron chi connectivity index (χ4n) is 1.98. The molecule has 1 fully saturated rings. The van der Waals surface area contributed by atoms with Crippen LogP contribution in [0.1, 0.15) is 30.1 Å². The fraction of sp³-hybridized carbons (Fsp3) is 0.417. The average Bonchev–Trinajstić information content (AvgIpc) is 2.77. The molecule has 0 bridgehead atoms.